The highest BCUT2D eigenvalue weighted by Gasteiger charge is 2.30. The molecule has 1 saturated carbocycles. The average molecular weight is 391 g/mol. The summed E-state index contributed by atoms with van der Waals surface area (Å²) in [6, 6.07) is 4.32. The summed E-state index contributed by atoms with van der Waals surface area (Å²) in [7, 11) is 1.68. The zero-order chi connectivity index (χ0) is 19.6. The molecule has 9 nitrogen and oxygen atoms in total. The Morgan fingerprint density at radius 3 is 2.90 bits per heavy atom. The minimum atomic E-state index is 0.285. The Balaban J connectivity index is 1.30. The van der Waals surface area contributed by atoms with Crippen molar-refractivity contribution in [3.05, 3.63) is 43.1 Å². The first-order valence-corrected chi connectivity index (χ1v) is 9.59. The Labute approximate surface area is 167 Å². The summed E-state index contributed by atoms with van der Waals surface area (Å²) in [6.07, 6.45) is 11.1. The molecule has 9 heteroatoms. The van der Waals surface area contributed by atoms with Gasteiger partial charge in [0.1, 0.15) is 5.52 Å². The van der Waals surface area contributed by atoms with Crippen LogP contribution in [0.4, 0.5) is 5.95 Å². The van der Waals surface area contributed by atoms with Crippen LogP contribution in [-0.4, -0.2) is 62.0 Å². The van der Waals surface area contributed by atoms with Crippen LogP contribution in [-0.2, 0) is 9.47 Å². The number of fused-ring (bicyclic) bond motifs is 2. The minimum Gasteiger partial charge on any atom is -0.382 e. The van der Waals surface area contributed by atoms with Crippen molar-refractivity contribution in [2.75, 3.05) is 25.6 Å². The number of ether oxygens (including phenoxy) is 2. The molecule has 4 heterocycles. The Hall–Kier alpha value is -3.17. The molecule has 29 heavy (non-hydrogen) atoms. The number of anilines is 1. The quantitative estimate of drug-likeness (QED) is 0.479. The Bertz CT molecular complexity index is 1140. The van der Waals surface area contributed by atoms with Gasteiger partial charge in [0.25, 0.3) is 0 Å². The van der Waals surface area contributed by atoms with E-state index >= 15 is 0 Å². The van der Waals surface area contributed by atoms with E-state index < -0.39 is 0 Å². The third-order valence-electron chi connectivity index (χ3n) is 5.12. The maximum absolute atomic E-state index is 5.71. The number of methoxy groups -OCH3 is 1. The van der Waals surface area contributed by atoms with E-state index in [0.29, 0.717) is 30.9 Å². The summed E-state index contributed by atoms with van der Waals surface area (Å²) < 4.78 is 12.5. The molecule has 5 rings (SSSR count). The van der Waals surface area contributed by atoms with Crippen LogP contribution in [0.3, 0.4) is 0 Å². The molecule has 0 spiro atoms. The average Bonchev–Trinajstić information content (AvgIpc) is 3.15. The molecule has 148 valence electrons. The molecule has 0 radical (unpaired) electrons. The van der Waals surface area contributed by atoms with Gasteiger partial charge in [-0.2, -0.15) is 0 Å². The summed E-state index contributed by atoms with van der Waals surface area (Å²) in [5.74, 6) is 0.613. The van der Waals surface area contributed by atoms with Crippen molar-refractivity contribution in [1.29, 1.82) is 0 Å². The largest absolute Gasteiger partial charge is 0.382 e. The molecular formula is C20H21N7O2. The smallest absolute Gasteiger partial charge is 0.241 e. The van der Waals surface area contributed by atoms with Gasteiger partial charge in [0, 0.05) is 49.1 Å². The van der Waals surface area contributed by atoms with Gasteiger partial charge in [-0.05, 0) is 25.0 Å². The van der Waals surface area contributed by atoms with Gasteiger partial charge in [-0.25, -0.2) is 19.5 Å². The van der Waals surface area contributed by atoms with Gasteiger partial charge in [0.05, 0.1) is 31.0 Å². The van der Waals surface area contributed by atoms with Gasteiger partial charge < -0.3 is 14.8 Å². The van der Waals surface area contributed by atoms with E-state index in [4.69, 9.17) is 9.47 Å². The van der Waals surface area contributed by atoms with Gasteiger partial charge in [-0.1, -0.05) is 0 Å². The van der Waals surface area contributed by atoms with Gasteiger partial charge in [0.2, 0.25) is 5.95 Å². The van der Waals surface area contributed by atoms with Crippen molar-refractivity contribution >= 4 is 22.6 Å². The van der Waals surface area contributed by atoms with E-state index in [1.165, 1.54) is 0 Å². The van der Waals surface area contributed by atoms with E-state index in [0.717, 1.165) is 35.0 Å². The lowest BCUT2D eigenvalue weighted by molar-refractivity contribution is -0.0261. The molecule has 1 fully saturated rings. The third-order valence-corrected chi connectivity index (χ3v) is 5.12. The predicted octanol–water partition coefficient (Wildman–Crippen LogP) is 2.34. The summed E-state index contributed by atoms with van der Waals surface area (Å²) in [6.45, 7) is 1.27. The maximum atomic E-state index is 5.71. The van der Waals surface area contributed by atoms with E-state index in [-0.39, 0.29) is 6.10 Å². The first kappa shape index (κ1) is 17.9. The van der Waals surface area contributed by atoms with Crippen LogP contribution in [0.2, 0.25) is 0 Å². The maximum Gasteiger partial charge on any atom is 0.241 e. The van der Waals surface area contributed by atoms with Gasteiger partial charge in [-0.3, -0.25) is 4.98 Å². The molecular weight excluding hydrogens is 370 g/mol. The number of nitrogens with zero attached hydrogens (tertiary/aromatic N) is 6. The topological polar surface area (TPSA) is 99.3 Å². The highest BCUT2D eigenvalue weighted by molar-refractivity contribution is 5.84. The van der Waals surface area contributed by atoms with Gasteiger partial charge in [-0.15, -0.1) is 5.10 Å². The summed E-state index contributed by atoms with van der Waals surface area (Å²) in [5, 5.41) is 7.97. The monoisotopic (exact) mass is 391 g/mol. The van der Waals surface area contributed by atoms with E-state index in [1.807, 2.05) is 29.0 Å². The molecule has 1 aliphatic carbocycles. The molecule has 0 aliphatic heterocycles. The van der Waals surface area contributed by atoms with Crippen LogP contribution in [0.5, 0.6) is 0 Å². The predicted molar refractivity (Wildman–Crippen MR) is 108 cm³/mol. The first-order chi connectivity index (χ1) is 14.3. The number of aromatic nitrogens is 6. The van der Waals surface area contributed by atoms with Crippen molar-refractivity contribution < 1.29 is 9.47 Å². The zero-order valence-corrected chi connectivity index (χ0v) is 16.0. The number of rotatable bonds is 7. The van der Waals surface area contributed by atoms with Crippen LogP contribution >= 0.6 is 0 Å². The van der Waals surface area contributed by atoms with Crippen molar-refractivity contribution in [3.63, 3.8) is 0 Å². The molecule has 4 aromatic heterocycles. The first-order valence-electron chi connectivity index (χ1n) is 9.59. The van der Waals surface area contributed by atoms with Crippen LogP contribution in [0.25, 0.3) is 27.8 Å². The summed E-state index contributed by atoms with van der Waals surface area (Å²) in [4.78, 5) is 17.4. The summed E-state index contributed by atoms with van der Waals surface area (Å²) >= 11 is 0. The number of hydrogen-bond acceptors (Lipinski definition) is 8. The highest BCUT2D eigenvalue weighted by Crippen LogP contribution is 2.28. The number of pyridine rings is 1. The SMILES string of the molecule is COCCO[C@H]1C[C@@H](Nc2ncc3c(-c4cnc5nccnc5c4)ccn3n2)C1. The van der Waals surface area contributed by atoms with Gasteiger partial charge >= 0.3 is 0 Å². The molecule has 0 unspecified atom stereocenters. The molecule has 0 bridgehead atoms. The lowest BCUT2D eigenvalue weighted by atomic mass is 9.89. The Morgan fingerprint density at radius 1 is 1.10 bits per heavy atom. The molecule has 0 saturated heterocycles. The normalized spacial score (nSPS) is 18.8. The van der Waals surface area contributed by atoms with Crippen LogP contribution < -0.4 is 5.32 Å². The third kappa shape index (κ3) is 3.62. The van der Waals surface area contributed by atoms with E-state index in [1.54, 1.807) is 25.7 Å². The fraction of sp³-hybridized carbons (Fsp3) is 0.350. The molecule has 0 aromatic carbocycles. The molecule has 4 aromatic rings. The van der Waals surface area contributed by atoms with Crippen molar-refractivity contribution in [1.82, 2.24) is 29.5 Å². The molecule has 1 N–H and O–H groups in total. The second-order valence-corrected chi connectivity index (χ2v) is 7.06. The van der Waals surface area contributed by atoms with Crippen LogP contribution in [0.15, 0.2) is 43.1 Å². The van der Waals surface area contributed by atoms with Gasteiger partial charge in [0.15, 0.2) is 5.65 Å². The van der Waals surface area contributed by atoms with Crippen molar-refractivity contribution in [2.45, 2.75) is 25.0 Å². The highest BCUT2D eigenvalue weighted by atomic mass is 16.5. The fourth-order valence-corrected chi connectivity index (χ4v) is 3.52. The molecule has 0 atom stereocenters. The van der Waals surface area contributed by atoms with Crippen LogP contribution in [0.1, 0.15) is 12.8 Å². The Kier molecular flexibility index (Phi) is 4.74. The minimum absolute atomic E-state index is 0.285. The molecule has 1 aliphatic rings. The van der Waals surface area contributed by atoms with Crippen LogP contribution in [0, 0.1) is 0 Å². The van der Waals surface area contributed by atoms with Crippen molar-refractivity contribution in [2.24, 2.45) is 0 Å². The number of hydrogen-bond donors (Lipinski definition) is 1. The zero-order valence-electron chi connectivity index (χ0n) is 16.0. The molecule has 0 amide bonds. The Morgan fingerprint density at radius 2 is 2.00 bits per heavy atom. The van der Waals surface area contributed by atoms with E-state index in [9.17, 15) is 0 Å². The van der Waals surface area contributed by atoms with E-state index in [2.05, 4.69) is 30.4 Å². The number of nitrogens with one attached hydrogen (secondary N) is 1. The summed E-state index contributed by atoms with van der Waals surface area (Å²) in [5.41, 5.74) is 4.27. The second kappa shape index (κ2) is 7.69. The van der Waals surface area contributed by atoms with Crippen molar-refractivity contribution in [3.8, 4) is 11.1 Å². The lowest BCUT2D eigenvalue weighted by Gasteiger charge is -2.35. The fourth-order valence-electron chi connectivity index (χ4n) is 3.52. The second-order valence-electron chi connectivity index (χ2n) is 7.06. The lowest BCUT2D eigenvalue weighted by Crippen LogP contribution is -2.41. The standard InChI is InChI=1S/C20H21N7O2/c1-28-6-7-29-15-9-14(10-15)25-20-24-12-18-16(2-5-27(18)26-20)13-8-17-19(23-11-13)22-4-3-21-17/h2-5,8,11-12,14-15H,6-7,9-10H2,1H3,(H,25,26)/t14-,15+.